The highest BCUT2D eigenvalue weighted by Gasteiger charge is 2.39. The quantitative estimate of drug-likeness (QED) is 0.102. The van der Waals surface area contributed by atoms with E-state index in [0.717, 1.165) is 84.7 Å². The molecule has 4 heterocycles. The molecule has 342 valence electrons. The van der Waals surface area contributed by atoms with Gasteiger partial charge >= 0.3 is 12.2 Å². The number of methoxy groups -OCH3 is 2. The summed E-state index contributed by atoms with van der Waals surface area (Å²) < 4.78 is 9.62. The molecule has 14 nitrogen and oxygen atoms in total. The second-order valence-corrected chi connectivity index (χ2v) is 18.5. The number of alkyl carbamates (subject to hydrolysis) is 2. The van der Waals surface area contributed by atoms with Crippen LogP contribution in [-0.2, 0) is 38.3 Å². The fourth-order valence-corrected chi connectivity index (χ4v) is 9.82. The second kappa shape index (κ2) is 19.3. The molecule has 2 aliphatic heterocycles. The van der Waals surface area contributed by atoms with E-state index >= 15 is 0 Å². The molecule has 2 saturated heterocycles. The van der Waals surface area contributed by atoms with Gasteiger partial charge in [0.1, 0.15) is 23.7 Å². The van der Waals surface area contributed by atoms with Crippen LogP contribution in [0.2, 0.25) is 0 Å². The Morgan fingerprint density at radius 2 is 1.20 bits per heavy atom. The van der Waals surface area contributed by atoms with Crippen LogP contribution in [0.25, 0.3) is 33.6 Å². The summed E-state index contributed by atoms with van der Waals surface area (Å²) in [4.78, 5) is 72.3. The summed E-state index contributed by atoms with van der Waals surface area (Å²) in [6.45, 7) is 11.1. The first kappa shape index (κ1) is 45.1. The molecule has 4 bridgehead atoms. The van der Waals surface area contributed by atoms with E-state index in [2.05, 4.69) is 88.2 Å². The third kappa shape index (κ3) is 9.53. The summed E-state index contributed by atoms with van der Waals surface area (Å²) >= 11 is 0. The fraction of sp³-hybridized carbons (Fsp3) is 0.451. The summed E-state index contributed by atoms with van der Waals surface area (Å²) in [6, 6.07) is 20.5. The molecule has 4 N–H and O–H groups in total. The summed E-state index contributed by atoms with van der Waals surface area (Å²) in [5.74, 6) is 1.25. The van der Waals surface area contributed by atoms with Crippen molar-refractivity contribution in [3.8, 4) is 33.6 Å². The fourth-order valence-electron chi connectivity index (χ4n) is 9.82. The Labute approximate surface area is 381 Å². The van der Waals surface area contributed by atoms with Gasteiger partial charge in [0.2, 0.25) is 11.8 Å². The van der Waals surface area contributed by atoms with Gasteiger partial charge in [0, 0.05) is 36.6 Å². The van der Waals surface area contributed by atoms with Crippen molar-refractivity contribution in [3.05, 3.63) is 107 Å². The molecule has 4 aliphatic carbocycles. The maximum atomic E-state index is 13.8. The van der Waals surface area contributed by atoms with Crippen molar-refractivity contribution in [3.63, 3.8) is 0 Å². The number of benzene rings is 3. The van der Waals surface area contributed by atoms with Crippen LogP contribution in [0.5, 0.6) is 0 Å². The number of ether oxygens (including phenoxy) is 2. The molecule has 2 fully saturated rings. The number of carbonyl (C=O) groups is 4. The number of H-pyrrole nitrogens is 2. The summed E-state index contributed by atoms with van der Waals surface area (Å²) in [5.41, 5.74) is 11.1. The van der Waals surface area contributed by atoms with Gasteiger partial charge in [-0.25, -0.2) is 19.6 Å². The SMILES string of the molecule is COC(=O)N[C@H](C(=O)N1CCC[C@H]1c1nc(-c2ccc(-c3cc4ccc3CCc3ccc(c(-c5c[nH]c([C@@H]6CCCN6C(=O)[C@@H](NC(=O)OC)C(C)C)n5)c3)C[C@H]4C)cc2)c[nH]1)C(C)C. The van der Waals surface area contributed by atoms with E-state index in [-0.39, 0.29) is 41.7 Å². The molecule has 4 amide bonds. The van der Waals surface area contributed by atoms with E-state index in [9.17, 15) is 19.2 Å². The van der Waals surface area contributed by atoms with Gasteiger partial charge in [-0.3, -0.25) is 9.59 Å². The van der Waals surface area contributed by atoms with Crippen LogP contribution < -0.4 is 10.6 Å². The summed E-state index contributed by atoms with van der Waals surface area (Å²) in [5, 5.41) is 5.46. The minimum Gasteiger partial charge on any atom is -0.453 e. The first-order valence-corrected chi connectivity index (χ1v) is 23.1. The molecule has 11 rings (SSSR count). The molecule has 14 heteroatoms. The molecular formula is C51H62N8O6. The molecule has 6 aliphatic rings. The average Bonchev–Trinajstić information content (AvgIpc) is 4.16. The molecule has 0 spiro atoms. The largest absolute Gasteiger partial charge is 0.453 e. The number of nitrogens with zero attached hydrogens (tertiary/aromatic N) is 4. The smallest absolute Gasteiger partial charge is 0.407 e. The van der Waals surface area contributed by atoms with Crippen molar-refractivity contribution in [1.29, 1.82) is 0 Å². The minimum absolute atomic E-state index is 0.106. The standard InChI is InChI=1S/C51H62N8O6/c1-29(2)44(56-50(62)64-6)48(60)58-22-8-10-42(58)46-52-27-40(54-46)35-19-16-34(17-20-35)38-26-36-21-18-33(38)14-12-32-13-15-37(24-31(36)5)39(25-32)41-28-53-47(55-41)43-11-9-23-59(43)49(61)45(30(3)4)57-51(63)65-7/h13,15-21,25-31,42-45H,8-12,14,22-24H2,1-7H3,(H,52,54)(H,53,55)(H,56,62)(H,57,63)/t31-,42+,43+,44+,45+/m1/s1. The number of hydrogen-bond donors (Lipinski definition) is 4. The zero-order valence-electron chi connectivity index (χ0n) is 38.6. The molecule has 0 saturated carbocycles. The van der Waals surface area contributed by atoms with E-state index in [1.54, 1.807) is 0 Å². The van der Waals surface area contributed by atoms with Gasteiger partial charge < -0.3 is 39.9 Å². The number of nitrogens with one attached hydrogen (secondary N) is 4. The zero-order chi connectivity index (χ0) is 45.9. The Balaban J connectivity index is 0.987. The van der Waals surface area contributed by atoms with Crippen molar-refractivity contribution < 1.29 is 28.7 Å². The number of aryl methyl sites for hydroxylation is 2. The molecule has 5 aromatic rings. The number of aromatic nitrogens is 4. The predicted molar refractivity (Wildman–Crippen MR) is 249 cm³/mol. The Hall–Kier alpha value is -6.44. The van der Waals surface area contributed by atoms with Gasteiger partial charge in [0.25, 0.3) is 0 Å². The second-order valence-electron chi connectivity index (χ2n) is 18.5. The lowest BCUT2D eigenvalue weighted by molar-refractivity contribution is -0.136. The van der Waals surface area contributed by atoms with E-state index in [1.165, 1.54) is 42.0 Å². The van der Waals surface area contributed by atoms with Crippen LogP contribution in [-0.4, -0.2) is 93.1 Å². The zero-order valence-corrected chi connectivity index (χ0v) is 38.6. The summed E-state index contributed by atoms with van der Waals surface area (Å²) in [6.07, 6.45) is 8.47. The van der Waals surface area contributed by atoms with Crippen molar-refractivity contribution >= 4 is 24.0 Å². The van der Waals surface area contributed by atoms with Gasteiger partial charge in [0.15, 0.2) is 0 Å². The van der Waals surface area contributed by atoms with Crippen LogP contribution in [0.1, 0.15) is 112 Å². The minimum atomic E-state index is -0.691. The van der Waals surface area contributed by atoms with Gasteiger partial charge in [-0.15, -0.1) is 0 Å². The predicted octanol–water partition coefficient (Wildman–Crippen LogP) is 8.67. The maximum absolute atomic E-state index is 13.8. The van der Waals surface area contributed by atoms with Crippen LogP contribution in [0.4, 0.5) is 9.59 Å². The molecule has 5 atom stereocenters. The highest BCUT2D eigenvalue weighted by Crippen LogP contribution is 2.38. The van der Waals surface area contributed by atoms with Gasteiger partial charge in [-0.2, -0.15) is 0 Å². The lowest BCUT2D eigenvalue weighted by Crippen LogP contribution is -2.51. The lowest BCUT2D eigenvalue weighted by atomic mass is 9.84. The Kier molecular flexibility index (Phi) is 13.4. The number of hydrogen-bond acceptors (Lipinski definition) is 8. The van der Waals surface area contributed by atoms with Crippen LogP contribution in [0, 0.1) is 11.8 Å². The van der Waals surface area contributed by atoms with E-state index < -0.39 is 24.3 Å². The number of rotatable bonds is 11. The van der Waals surface area contributed by atoms with E-state index in [4.69, 9.17) is 19.4 Å². The topological polar surface area (TPSA) is 175 Å². The molecule has 65 heavy (non-hydrogen) atoms. The Morgan fingerprint density at radius 3 is 1.77 bits per heavy atom. The number of likely N-dealkylation sites (tertiary alicyclic amines) is 2. The van der Waals surface area contributed by atoms with Gasteiger partial charge in [0.05, 0.1) is 37.7 Å². The Bertz CT molecular complexity index is 2530. The highest BCUT2D eigenvalue weighted by molar-refractivity contribution is 5.87. The summed E-state index contributed by atoms with van der Waals surface area (Å²) in [7, 11) is 2.60. The Morgan fingerprint density at radius 1 is 0.662 bits per heavy atom. The van der Waals surface area contributed by atoms with Crippen molar-refractivity contribution in [2.24, 2.45) is 11.8 Å². The van der Waals surface area contributed by atoms with Gasteiger partial charge in [-0.1, -0.05) is 89.2 Å². The van der Waals surface area contributed by atoms with E-state index in [1.807, 2.05) is 49.9 Å². The average molecular weight is 883 g/mol. The highest BCUT2D eigenvalue weighted by atomic mass is 16.5. The number of aromatic amines is 2. The molecule has 3 aromatic carbocycles. The normalized spacial score (nSPS) is 19.2. The molecule has 0 radical (unpaired) electrons. The third-order valence-corrected chi connectivity index (χ3v) is 13.5. The monoisotopic (exact) mass is 882 g/mol. The third-order valence-electron chi connectivity index (χ3n) is 13.5. The number of amides is 4. The van der Waals surface area contributed by atoms with Crippen molar-refractivity contribution in [2.45, 2.75) is 110 Å². The number of imidazole rings is 2. The van der Waals surface area contributed by atoms with Crippen LogP contribution in [0.3, 0.4) is 0 Å². The van der Waals surface area contributed by atoms with Crippen LogP contribution >= 0.6 is 0 Å². The lowest BCUT2D eigenvalue weighted by Gasteiger charge is -2.30. The van der Waals surface area contributed by atoms with Crippen molar-refractivity contribution in [2.75, 3.05) is 27.3 Å². The molecule has 2 aromatic heterocycles. The maximum Gasteiger partial charge on any atom is 0.407 e. The first-order chi connectivity index (χ1) is 31.3. The van der Waals surface area contributed by atoms with Gasteiger partial charge in [-0.05, 0) is 102 Å². The van der Waals surface area contributed by atoms with E-state index in [0.29, 0.717) is 13.1 Å². The molecular weight excluding hydrogens is 821 g/mol. The van der Waals surface area contributed by atoms with Crippen LogP contribution in [0.15, 0.2) is 73.1 Å². The first-order valence-electron chi connectivity index (χ1n) is 23.1. The molecule has 0 unspecified atom stereocenters. The number of carbonyl (C=O) groups excluding carboxylic acids is 4. The van der Waals surface area contributed by atoms with Crippen molar-refractivity contribution in [1.82, 2.24) is 40.4 Å².